The quantitative estimate of drug-likeness (QED) is 0.280. The molecule has 0 aliphatic rings. The van der Waals surface area contributed by atoms with Crippen molar-refractivity contribution in [1.29, 1.82) is 0 Å². The highest BCUT2D eigenvalue weighted by Gasteiger charge is 2.18. The molecule has 0 fully saturated rings. The fourth-order valence-electron chi connectivity index (χ4n) is 3.50. The molecule has 0 radical (unpaired) electrons. The molecule has 5 aromatic rings. The number of halogens is 2. The fraction of sp³-hybridized carbons (Fsp3) is 0.120. The number of rotatable bonds is 4. The Morgan fingerprint density at radius 3 is 2.56 bits per heavy atom. The van der Waals surface area contributed by atoms with Crippen LogP contribution in [0.5, 0.6) is 0 Å². The van der Waals surface area contributed by atoms with Gasteiger partial charge in [0.1, 0.15) is 10.4 Å². The first-order chi connectivity index (χ1) is 15.4. The van der Waals surface area contributed by atoms with Crippen LogP contribution < -0.4 is 5.32 Å². The van der Waals surface area contributed by atoms with Gasteiger partial charge in [0.05, 0.1) is 5.02 Å². The van der Waals surface area contributed by atoms with E-state index in [0.717, 1.165) is 26.7 Å². The van der Waals surface area contributed by atoms with Crippen molar-refractivity contribution in [3.05, 3.63) is 81.1 Å². The van der Waals surface area contributed by atoms with Gasteiger partial charge < -0.3 is 9.73 Å². The Morgan fingerprint density at radius 1 is 1.03 bits per heavy atom. The van der Waals surface area contributed by atoms with Crippen molar-refractivity contribution >= 4 is 67.3 Å². The van der Waals surface area contributed by atoms with Gasteiger partial charge in [-0.15, -0.1) is 11.3 Å². The number of thiophene rings is 1. The number of hydrogen-bond donors (Lipinski definition) is 1. The number of anilines is 1. The summed E-state index contributed by atoms with van der Waals surface area (Å²) in [5.74, 6) is 0.709. The van der Waals surface area contributed by atoms with Gasteiger partial charge in [0, 0.05) is 26.4 Å². The zero-order chi connectivity index (χ0) is 22.4. The van der Waals surface area contributed by atoms with Crippen LogP contribution in [-0.4, -0.2) is 10.9 Å². The highest BCUT2D eigenvalue weighted by molar-refractivity contribution is 7.21. The van der Waals surface area contributed by atoms with E-state index in [9.17, 15) is 4.79 Å². The monoisotopic (exact) mass is 480 g/mol. The number of hydrogen-bond acceptors (Lipinski definition) is 4. The number of aromatic nitrogens is 1. The van der Waals surface area contributed by atoms with E-state index >= 15 is 0 Å². The maximum absolute atomic E-state index is 12.8. The molecule has 0 atom stereocenters. The summed E-state index contributed by atoms with van der Waals surface area (Å²) >= 11 is 13.8. The number of nitrogens with one attached hydrogen (secondary N) is 1. The molecule has 0 aliphatic heterocycles. The second-order valence-electron chi connectivity index (χ2n) is 7.82. The van der Waals surface area contributed by atoms with E-state index in [2.05, 4.69) is 36.3 Å². The molecular weight excluding hydrogens is 463 g/mol. The molecule has 0 spiro atoms. The van der Waals surface area contributed by atoms with E-state index in [0.29, 0.717) is 32.4 Å². The van der Waals surface area contributed by atoms with Gasteiger partial charge in [-0.3, -0.25) is 4.79 Å². The Morgan fingerprint density at radius 2 is 1.81 bits per heavy atom. The zero-order valence-electron chi connectivity index (χ0n) is 17.3. The molecule has 3 aromatic carbocycles. The number of benzene rings is 3. The fourth-order valence-corrected chi connectivity index (χ4v) is 5.18. The number of carbonyl (C=O) groups excluding carboxylic acids is 1. The standard InChI is InChI=1S/C25H18Cl2N2O2S/c1-13(2)15-5-10-20-19(11-15)29-25(31-20)14-3-7-17(8-4-14)28-24(30)23-22(27)18-9-6-16(26)12-21(18)32-23/h3-13H,1-2H3,(H,28,30). The number of oxazole rings is 1. The molecule has 32 heavy (non-hydrogen) atoms. The van der Waals surface area contributed by atoms with Crippen molar-refractivity contribution in [2.75, 3.05) is 5.32 Å². The normalized spacial score (nSPS) is 11.5. The number of nitrogens with zero attached hydrogens (tertiary/aromatic N) is 1. The largest absolute Gasteiger partial charge is 0.436 e. The predicted octanol–water partition coefficient (Wildman–Crippen LogP) is 8.39. The smallest absolute Gasteiger partial charge is 0.267 e. The van der Waals surface area contributed by atoms with Crippen molar-refractivity contribution in [3.8, 4) is 11.5 Å². The summed E-state index contributed by atoms with van der Waals surface area (Å²) in [5.41, 5.74) is 4.30. The third-order valence-electron chi connectivity index (χ3n) is 5.27. The molecule has 0 saturated heterocycles. The van der Waals surface area contributed by atoms with Crippen LogP contribution in [0.3, 0.4) is 0 Å². The Kier molecular flexibility index (Phi) is 5.41. The lowest BCUT2D eigenvalue weighted by Gasteiger charge is -2.04. The van der Waals surface area contributed by atoms with Crippen molar-refractivity contribution < 1.29 is 9.21 Å². The van der Waals surface area contributed by atoms with E-state index < -0.39 is 0 Å². The van der Waals surface area contributed by atoms with Crippen LogP contribution in [0.15, 0.2) is 65.1 Å². The summed E-state index contributed by atoms with van der Waals surface area (Å²) < 4.78 is 6.79. The first-order valence-corrected chi connectivity index (χ1v) is 11.7. The second-order valence-corrected chi connectivity index (χ2v) is 9.68. The van der Waals surface area contributed by atoms with E-state index in [-0.39, 0.29) is 5.91 Å². The van der Waals surface area contributed by atoms with Crippen LogP contribution in [0.2, 0.25) is 10.0 Å². The summed E-state index contributed by atoms with van der Waals surface area (Å²) in [6.45, 7) is 4.30. The molecule has 160 valence electrons. The molecule has 1 amide bonds. The average Bonchev–Trinajstić information content (AvgIpc) is 3.34. The second kappa shape index (κ2) is 8.24. The topological polar surface area (TPSA) is 55.1 Å². The summed E-state index contributed by atoms with van der Waals surface area (Å²) in [6.07, 6.45) is 0. The highest BCUT2D eigenvalue weighted by Crippen LogP contribution is 2.37. The molecule has 4 nitrogen and oxygen atoms in total. The summed E-state index contributed by atoms with van der Waals surface area (Å²) in [5, 5.41) is 4.76. The molecule has 0 unspecified atom stereocenters. The lowest BCUT2D eigenvalue weighted by atomic mass is 10.0. The van der Waals surface area contributed by atoms with Gasteiger partial charge in [0.15, 0.2) is 5.58 Å². The first-order valence-electron chi connectivity index (χ1n) is 10.1. The van der Waals surface area contributed by atoms with E-state index in [4.69, 9.17) is 27.6 Å². The summed E-state index contributed by atoms with van der Waals surface area (Å²) in [7, 11) is 0. The molecule has 2 heterocycles. The van der Waals surface area contributed by atoms with Gasteiger partial charge >= 0.3 is 0 Å². The van der Waals surface area contributed by atoms with Crippen LogP contribution in [-0.2, 0) is 0 Å². The minimum Gasteiger partial charge on any atom is -0.436 e. The third-order valence-corrected chi connectivity index (χ3v) is 7.16. The van der Waals surface area contributed by atoms with Crippen LogP contribution in [0, 0.1) is 0 Å². The molecule has 1 N–H and O–H groups in total. The predicted molar refractivity (Wildman–Crippen MR) is 133 cm³/mol. The number of carbonyl (C=O) groups is 1. The first kappa shape index (κ1) is 21.0. The SMILES string of the molecule is CC(C)c1ccc2oc(-c3ccc(NC(=O)c4sc5cc(Cl)ccc5c4Cl)cc3)nc2c1. The maximum atomic E-state index is 12.8. The van der Waals surface area contributed by atoms with Crippen molar-refractivity contribution in [3.63, 3.8) is 0 Å². The Balaban J connectivity index is 1.37. The zero-order valence-corrected chi connectivity index (χ0v) is 19.6. The van der Waals surface area contributed by atoms with Gasteiger partial charge in [-0.2, -0.15) is 0 Å². The lowest BCUT2D eigenvalue weighted by Crippen LogP contribution is -2.10. The molecule has 0 bridgehead atoms. The van der Waals surface area contributed by atoms with E-state index in [1.807, 2.05) is 42.5 Å². The average molecular weight is 481 g/mol. The van der Waals surface area contributed by atoms with Crippen molar-refractivity contribution in [1.82, 2.24) is 4.98 Å². The van der Waals surface area contributed by atoms with Crippen molar-refractivity contribution in [2.45, 2.75) is 19.8 Å². The minimum absolute atomic E-state index is 0.261. The molecule has 0 saturated carbocycles. The van der Waals surface area contributed by atoms with Crippen LogP contribution in [0.1, 0.15) is 35.0 Å². The molecular formula is C25H18Cl2N2O2S. The summed E-state index contributed by atoms with van der Waals surface area (Å²) in [6, 6.07) is 18.9. The van der Waals surface area contributed by atoms with Gasteiger partial charge in [-0.1, -0.05) is 49.2 Å². The Labute approximate surface area is 198 Å². The third kappa shape index (κ3) is 3.88. The Hall–Kier alpha value is -2.86. The highest BCUT2D eigenvalue weighted by atomic mass is 35.5. The van der Waals surface area contributed by atoms with Crippen LogP contribution in [0.4, 0.5) is 5.69 Å². The molecule has 5 rings (SSSR count). The minimum atomic E-state index is -0.261. The van der Waals surface area contributed by atoms with Gasteiger partial charge in [0.2, 0.25) is 5.89 Å². The van der Waals surface area contributed by atoms with Gasteiger partial charge in [-0.25, -0.2) is 4.98 Å². The van der Waals surface area contributed by atoms with E-state index in [1.54, 1.807) is 6.07 Å². The van der Waals surface area contributed by atoms with Gasteiger partial charge in [0.25, 0.3) is 5.91 Å². The molecule has 2 aromatic heterocycles. The lowest BCUT2D eigenvalue weighted by molar-refractivity contribution is 0.103. The van der Waals surface area contributed by atoms with Gasteiger partial charge in [-0.05, 0) is 60.0 Å². The number of fused-ring (bicyclic) bond motifs is 2. The van der Waals surface area contributed by atoms with Crippen molar-refractivity contribution in [2.24, 2.45) is 0 Å². The number of amides is 1. The maximum Gasteiger partial charge on any atom is 0.267 e. The van der Waals surface area contributed by atoms with E-state index in [1.165, 1.54) is 16.9 Å². The summed E-state index contributed by atoms with van der Waals surface area (Å²) in [4.78, 5) is 17.9. The van der Waals surface area contributed by atoms with Crippen LogP contribution >= 0.6 is 34.5 Å². The molecule has 7 heteroatoms. The Bertz CT molecular complexity index is 1470. The van der Waals surface area contributed by atoms with Crippen LogP contribution in [0.25, 0.3) is 32.6 Å². The molecule has 0 aliphatic carbocycles.